The molecule has 0 aliphatic rings. The van der Waals surface area contributed by atoms with Gasteiger partial charge in [0.25, 0.3) is 0 Å². The number of hydrogen-bond donors (Lipinski definition) is 0. The number of hydrogen-bond acceptors (Lipinski definition) is 2. The molecule has 0 saturated heterocycles. The maximum absolute atomic E-state index is 8.32. The van der Waals surface area contributed by atoms with E-state index in [0.29, 0.717) is 6.42 Å². The summed E-state index contributed by atoms with van der Waals surface area (Å²) in [5.74, 6) is 0. The summed E-state index contributed by atoms with van der Waals surface area (Å²) in [7, 11) is 0. The second kappa shape index (κ2) is 8.13. The molecular formula is C10H17NO. The highest BCUT2D eigenvalue weighted by atomic mass is 16.5. The van der Waals surface area contributed by atoms with Crippen LogP contribution in [0.3, 0.4) is 0 Å². The van der Waals surface area contributed by atoms with Crippen molar-refractivity contribution in [2.24, 2.45) is 0 Å². The minimum atomic E-state index is 0.0212. The summed E-state index contributed by atoms with van der Waals surface area (Å²) in [6.45, 7) is 4.06. The van der Waals surface area contributed by atoms with Crippen LogP contribution in [0.2, 0.25) is 0 Å². The molecule has 1 atom stereocenters. The van der Waals surface area contributed by atoms with Gasteiger partial charge in [-0.2, -0.15) is 5.26 Å². The molecule has 0 aliphatic heterocycles. The number of rotatable bonds is 6. The quantitative estimate of drug-likeness (QED) is 0.450. The topological polar surface area (TPSA) is 33.0 Å². The predicted octanol–water partition coefficient (Wildman–Crippen LogP) is 3.01. The fourth-order valence-corrected chi connectivity index (χ4v) is 0.756. The summed E-state index contributed by atoms with van der Waals surface area (Å²) < 4.78 is 5.23. The van der Waals surface area contributed by atoms with Crippen LogP contribution in [0.1, 0.15) is 39.5 Å². The van der Waals surface area contributed by atoms with E-state index in [1.165, 1.54) is 12.8 Å². The molecule has 0 heterocycles. The molecule has 0 N–H and O–H groups in total. The van der Waals surface area contributed by atoms with Crippen LogP contribution in [0.25, 0.3) is 0 Å². The van der Waals surface area contributed by atoms with Gasteiger partial charge in [-0.05, 0) is 25.8 Å². The Morgan fingerprint density at radius 1 is 1.58 bits per heavy atom. The maximum atomic E-state index is 8.32. The molecule has 0 amide bonds. The van der Waals surface area contributed by atoms with Crippen LogP contribution in [0.5, 0.6) is 0 Å². The first-order chi connectivity index (χ1) is 5.81. The van der Waals surface area contributed by atoms with Crippen molar-refractivity contribution in [2.45, 2.75) is 45.6 Å². The van der Waals surface area contributed by atoms with Crippen LogP contribution in [0.4, 0.5) is 0 Å². The van der Waals surface area contributed by atoms with Crippen LogP contribution >= 0.6 is 0 Å². The van der Waals surface area contributed by atoms with E-state index in [9.17, 15) is 0 Å². The SMILES string of the molecule is CCCCC=COC(C)CC#N. The fourth-order valence-electron chi connectivity index (χ4n) is 0.756. The molecule has 0 aromatic heterocycles. The van der Waals surface area contributed by atoms with Gasteiger partial charge < -0.3 is 4.74 Å². The largest absolute Gasteiger partial charge is 0.498 e. The van der Waals surface area contributed by atoms with Crippen LogP contribution in [-0.4, -0.2) is 6.10 Å². The molecule has 0 aliphatic carbocycles. The van der Waals surface area contributed by atoms with E-state index >= 15 is 0 Å². The van der Waals surface area contributed by atoms with Crippen molar-refractivity contribution in [3.05, 3.63) is 12.3 Å². The number of unbranched alkanes of at least 4 members (excludes halogenated alkanes) is 2. The monoisotopic (exact) mass is 167 g/mol. The van der Waals surface area contributed by atoms with E-state index < -0.39 is 0 Å². The Morgan fingerprint density at radius 3 is 2.92 bits per heavy atom. The van der Waals surface area contributed by atoms with Crippen molar-refractivity contribution in [2.75, 3.05) is 0 Å². The Balaban J connectivity index is 3.28. The van der Waals surface area contributed by atoms with Gasteiger partial charge in [0.2, 0.25) is 0 Å². The van der Waals surface area contributed by atoms with Gasteiger partial charge in [-0.1, -0.05) is 13.3 Å². The van der Waals surface area contributed by atoms with E-state index in [-0.39, 0.29) is 6.10 Å². The highest BCUT2D eigenvalue weighted by Crippen LogP contribution is 1.99. The zero-order chi connectivity index (χ0) is 9.23. The van der Waals surface area contributed by atoms with Crippen LogP contribution in [0, 0.1) is 11.3 Å². The van der Waals surface area contributed by atoms with E-state index in [2.05, 4.69) is 13.0 Å². The molecule has 68 valence electrons. The third-order valence-corrected chi connectivity index (χ3v) is 1.51. The number of nitrogens with zero attached hydrogens (tertiary/aromatic N) is 1. The molecule has 0 fully saturated rings. The van der Waals surface area contributed by atoms with Crippen molar-refractivity contribution >= 4 is 0 Å². The molecular weight excluding hydrogens is 150 g/mol. The summed E-state index contributed by atoms with van der Waals surface area (Å²) in [6.07, 6.45) is 7.67. The lowest BCUT2D eigenvalue weighted by molar-refractivity contribution is 0.165. The second-order valence-electron chi connectivity index (χ2n) is 2.82. The first kappa shape index (κ1) is 11.0. The Kier molecular flexibility index (Phi) is 7.47. The van der Waals surface area contributed by atoms with Crippen molar-refractivity contribution < 1.29 is 4.74 Å². The van der Waals surface area contributed by atoms with E-state index in [1.807, 2.05) is 13.0 Å². The molecule has 12 heavy (non-hydrogen) atoms. The second-order valence-corrected chi connectivity index (χ2v) is 2.82. The van der Waals surface area contributed by atoms with E-state index in [1.54, 1.807) is 6.26 Å². The average Bonchev–Trinajstić information content (AvgIpc) is 2.05. The van der Waals surface area contributed by atoms with Crippen molar-refractivity contribution in [1.82, 2.24) is 0 Å². The first-order valence-electron chi connectivity index (χ1n) is 4.48. The summed E-state index contributed by atoms with van der Waals surface area (Å²) >= 11 is 0. The zero-order valence-corrected chi connectivity index (χ0v) is 7.92. The predicted molar refractivity (Wildman–Crippen MR) is 49.4 cm³/mol. The van der Waals surface area contributed by atoms with Crippen LogP contribution in [0.15, 0.2) is 12.3 Å². The Labute approximate surface area is 74.8 Å². The summed E-state index contributed by atoms with van der Waals surface area (Å²) in [5.41, 5.74) is 0. The fraction of sp³-hybridized carbons (Fsp3) is 0.700. The third-order valence-electron chi connectivity index (χ3n) is 1.51. The highest BCUT2D eigenvalue weighted by molar-refractivity contribution is 4.78. The third kappa shape index (κ3) is 7.14. The summed E-state index contributed by atoms with van der Waals surface area (Å²) in [6, 6.07) is 2.06. The minimum absolute atomic E-state index is 0.0212. The van der Waals surface area contributed by atoms with Crippen LogP contribution in [-0.2, 0) is 4.74 Å². The average molecular weight is 167 g/mol. The molecule has 0 aromatic rings. The molecule has 0 spiro atoms. The minimum Gasteiger partial charge on any atom is -0.498 e. The molecule has 0 aromatic carbocycles. The van der Waals surface area contributed by atoms with Gasteiger partial charge in [-0.3, -0.25) is 0 Å². The van der Waals surface area contributed by atoms with Crippen LogP contribution < -0.4 is 0 Å². The summed E-state index contributed by atoms with van der Waals surface area (Å²) in [4.78, 5) is 0. The van der Waals surface area contributed by atoms with E-state index in [0.717, 1.165) is 6.42 Å². The zero-order valence-electron chi connectivity index (χ0n) is 7.92. The lowest BCUT2D eigenvalue weighted by atomic mass is 10.2. The molecule has 2 nitrogen and oxygen atoms in total. The normalized spacial score (nSPS) is 12.8. The molecule has 1 unspecified atom stereocenters. The molecule has 0 radical (unpaired) electrons. The van der Waals surface area contributed by atoms with Gasteiger partial charge in [0, 0.05) is 0 Å². The van der Waals surface area contributed by atoms with Gasteiger partial charge in [0.1, 0.15) is 6.10 Å². The first-order valence-corrected chi connectivity index (χ1v) is 4.48. The number of ether oxygens (including phenoxy) is 1. The lowest BCUT2D eigenvalue weighted by Gasteiger charge is -2.05. The van der Waals surface area contributed by atoms with Gasteiger partial charge in [-0.15, -0.1) is 0 Å². The number of allylic oxidation sites excluding steroid dienone is 1. The van der Waals surface area contributed by atoms with Gasteiger partial charge in [0.15, 0.2) is 0 Å². The Bertz CT molecular complexity index is 158. The lowest BCUT2D eigenvalue weighted by Crippen LogP contribution is -2.01. The molecule has 2 heteroatoms. The Morgan fingerprint density at radius 2 is 2.33 bits per heavy atom. The van der Waals surface area contributed by atoms with Crippen molar-refractivity contribution in [3.63, 3.8) is 0 Å². The van der Waals surface area contributed by atoms with Crippen molar-refractivity contribution in [1.29, 1.82) is 5.26 Å². The maximum Gasteiger partial charge on any atom is 0.108 e. The molecule has 0 saturated carbocycles. The van der Waals surface area contributed by atoms with E-state index in [4.69, 9.17) is 10.00 Å². The highest BCUT2D eigenvalue weighted by Gasteiger charge is 1.96. The standard InChI is InChI=1S/C10H17NO/c1-3-4-5-6-9-12-10(2)7-8-11/h6,9-10H,3-5,7H2,1-2H3. The van der Waals surface area contributed by atoms with Gasteiger partial charge in [0.05, 0.1) is 18.8 Å². The summed E-state index contributed by atoms with van der Waals surface area (Å²) in [5, 5.41) is 8.32. The molecule has 0 rings (SSSR count). The van der Waals surface area contributed by atoms with Crippen molar-refractivity contribution in [3.8, 4) is 6.07 Å². The smallest absolute Gasteiger partial charge is 0.108 e. The molecule has 0 bridgehead atoms. The van der Waals surface area contributed by atoms with Gasteiger partial charge in [-0.25, -0.2) is 0 Å². The number of nitriles is 1. The van der Waals surface area contributed by atoms with Gasteiger partial charge >= 0.3 is 0 Å². The Hall–Kier alpha value is -0.970.